The van der Waals surface area contributed by atoms with Crippen LogP contribution in [0.3, 0.4) is 0 Å². The number of hydrogen-bond acceptors (Lipinski definition) is 20. The highest BCUT2D eigenvalue weighted by atomic mass is 16.8. The second-order valence-electron chi connectivity index (χ2n) is 12.7. The molecule has 3 heterocycles. The van der Waals surface area contributed by atoms with E-state index >= 15 is 0 Å². The molecule has 0 radical (unpaired) electrons. The number of carbonyl (C=O) groups excluding carboxylic acids is 1. The Morgan fingerprint density at radius 3 is 1.82 bits per heavy atom. The first-order chi connectivity index (χ1) is 23.9. The minimum absolute atomic E-state index is 0.0944. The number of guanidine groups is 2. The zero-order chi connectivity index (χ0) is 38.1. The van der Waals surface area contributed by atoms with Crippen molar-refractivity contribution in [2.24, 2.45) is 32.9 Å². The highest BCUT2D eigenvalue weighted by molar-refractivity contribution is 5.76. The Balaban J connectivity index is 1.61. The Morgan fingerprint density at radius 1 is 0.706 bits per heavy atom. The molecule has 1 saturated carbocycles. The van der Waals surface area contributed by atoms with Crippen LogP contribution in [0.2, 0.25) is 0 Å². The first kappa shape index (κ1) is 41.3. The van der Waals surface area contributed by atoms with Crippen LogP contribution >= 0.6 is 0 Å². The highest BCUT2D eigenvalue weighted by Crippen LogP contribution is 2.39. The fraction of sp³-hybridized carbons (Fsp3) is 0.889. The van der Waals surface area contributed by atoms with E-state index in [-0.39, 0.29) is 6.29 Å². The Morgan fingerprint density at radius 2 is 1.27 bits per heavy atom. The summed E-state index contributed by atoms with van der Waals surface area (Å²) in [6, 6.07) is -4.40. The van der Waals surface area contributed by atoms with E-state index in [1.807, 2.05) is 0 Å². The molecule has 294 valence electrons. The Bertz CT molecular complexity index is 1230. The van der Waals surface area contributed by atoms with Crippen LogP contribution in [0.4, 0.5) is 0 Å². The molecule has 19 N–H and O–H groups in total. The third-order valence-corrected chi connectivity index (χ3v) is 9.45. The van der Waals surface area contributed by atoms with Gasteiger partial charge in [0, 0.05) is 0 Å². The summed E-state index contributed by atoms with van der Waals surface area (Å²) in [7, 11) is 1.36. The predicted molar refractivity (Wildman–Crippen MR) is 166 cm³/mol. The molecule has 24 heteroatoms. The van der Waals surface area contributed by atoms with Crippen LogP contribution in [0, 0.1) is 0 Å². The smallest absolute Gasteiger partial charge is 0.188 e. The number of carbonyl (C=O) groups is 1. The van der Waals surface area contributed by atoms with Crippen molar-refractivity contribution in [3.8, 4) is 0 Å². The zero-order valence-electron chi connectivity index (χ0n) is 27.5. The van der Waals surface area contributed by atoms with Crippen molar-refractivity contribution >= 4 is 18.2 Å². The van der Waals surface area contributed by atoms with Crippen molar-refractivity contribution < 1.29 is 84.3 Å². The first-order valence-corrected chi connectivity index (χ1v) is 15.9. The van der Waals surface area contributed by atoms with Gasteiger partial charge in [-0.05, 0) is 14.0 Å². The molecule has 0 aromatic rings. The number of aldehydes is 1. The van der Waals surface area contributed by atoms with Gasteiger partial charge in [0.2, 0.25) is 0 Å². The lowest BCUT2D eigenvalue weighted by Crippen LogP contribution is -2.68. The zero-order valence-corrected chi connectivity index (χ0v) is 27.5. The second-order valence-corrected chi connectivity index (χ2v) is 12.7. The third-order valence-electron chi connectivity index (χ3n) is 9.45. The Kier molecular flexibility index (Phi) is 13.5. The average molecular weight is 744 g/mol. The first-order valence-electron chi connectivity index (χ1n) is 15.9. The van der Waals surface area contributed by atoms with E-state index in [0.717, 1.165) is 0 Å². The van der Waals surface area contributed by atoms with Gasteiger partial charge >= 0.3 is 0 Å². The average Bonchev–Trinajstić information content (AvgIpc) is 3.32. The molecule has 4 fully saturated rings. The quantitative estimate of drug-likeness (QED) is 0.0501. The monoisotopic (exact) mass is 743 g/mol. The second kappa shape index (κ2) is 16.7. The van der Waals surface area contributed by atoms with Crippen LogP contribution in [0.15, 0.2) is 9.98 Å². The molecule has 20 atom stereocenters. The van der Waals surface area contributed by atoms with Gasteiger partial charge in [0.05, 0.1) is 25.4 Å². The summed E-state index contributed by atoms with van der Waals surface area (Å²) in [6.45, 7) is -0.340. The standard InChI is InChI=1S/C27H49N7O17/c1-6-27(45,5-37)21(24(46-6)50-20-10(34-26(30)31)13(39)9(33-25(28)29)14(40)17(20)43)51-22-11(32-2)15(41)19(8(4-36)48-22)49-23-18(44)16(42)12(38)7(3-35)47-23/h5-24,32,35-36,38-45H,3-4H2,1-2H3,(H4,28,29,33)(H4,30,31,34)/t6-,7+,8-,9+,10-,11-,12+,13+,14-,15-,16-,17+,18-,19-,20+,21-,22-,23+,24-,27+/m0/s1. The minimum Gasteiger partial charge on any atom is -0.394 e. The molecule has 3 saturated heterocycles. The molecule has 3 aliphatic heterocycles. The van der Waals surface area contributed by atoms with Crippen molar-refractivity contribution in [2.75, 3.05) is 20.3 Å². The molecule has 0 bridgehead atoms. The van der Waals surface area contributed by atoms with E-state index in [0.29, 0.717) is 0 Å². The largest absolute Gasteiger partial charge is 0.394 e. The summed E-state index contributed by atoms with van der Waals surface area (Å²) in [4.78, 5) is 20.0. The summed E-state index contributed by atoms with van der Waals surface area (Å²) in [5.41, 5.74) is 19.4. The molecule has 4 rings (SSSR count). The van der Waals surface area contributed by atoms with Crippen molar-refractivity contribution in [3.63, 3.8) is 0 Å². The molecule has 1 aliphatic carbocycles. The van der Waals surface area contributed by atoms with Crippen molar-refractivity contribution in [1.29, 1.82) is 0 Å². The number of aliphatic hydroxyl groups excluding tert-OH is 9. The topological polar surface area (TPSA) is 416 Å². The maximum Gasteiger partial charge on any atom is 0.188 e. The molecular weight excluding hydrogens is 694 g/mol. The van der Waals surface area contributed by atoms with Crippen LogP contribution < -0.4 is 28.3 Å². The Hall–Kier alpha value is -2.47. The summed E-state index contributed by atoms with van der Waals surface area (Å²) in [5, 5.41) is 109. The molecule has 51 heavy (non-hydrogen) atoms. The van der Waals surface area contributed by atoms with Gasteiger partial charge < -0.3 is 108 Å². The summed E-state index contributed by atoms with van der Waals surface area (Å²) >= 11 is 0. The molecule has 4 aliphatic rings. The van der Waals surface area contributed by atoms with Crippen LogP contribution in [-0.4, -0.2) is 211 Å². The van der Waals surface area contributed by atoms with Crippen LogP contribution in [0.1, 0.15) is 6.92 Å². The van der Waals surface area contributed by atoms with E-state index in [1.165, 1.54) is 14.0 Å². The third kappa shape index (κ3) is 8.06. The fourth-order valence-corrected chi connectivity index (χ4v) is 6.57. The highest BCUT2D eigenvalue weighted by Gasteiger charge is 2.61. The van der Waals surface area contributed by atoms with Crippen LogP contribution in [-0.2, 0) is 33.2 Å². The van der Waals surface area contributed by atoms with Gasteiger partial charge in [-0.25, -0.2) is 9.98 Å². The number of rotatable bonds is 12. The molecule has 0 spiro atoms. The number of aliphatic hydroxyl groups is 10. The van der Waals surface area contributed by atoms with Gasteiger partial charge in [0.1, 0.15) is 85.3 Å². The van der Waals surface area contributed by atoms with Crippen molar-refractivity contribution in [3.05, 3.63) is 0 Å². The normalized spacial score (nSPS) is 48.9. The van der Waals surface area contributed by atoms with Crippen LogP contribution in [0.25, 0.3) is 0 Å². The molecule has 0 amide bonds. The number of nitrogens with two attached hydrogens (primary N) is 4. The summed E-state index contributed by atoms with van der Waals surface area (Å²) in [6.07, 6.45) is -27.0. The van der Waals surface area contributed by atoms with E-state index in [4.69, 9.17) is 51.4 Å². The van der Waals surface area contributed by atoms with Gasteiger partial charge in [-0.3, -0.25) is 4.79 Å². The molecule has 24 nitrogen and oxygen atoms in total. The van der Waals surface area contributed by atoms with E-state index in [1.54, 1.807) is 0 Å². The van der Waals surface area contributed by atoms with Crippen molar-refractivity contribution in [2.45, 2.75) is 129 Å². The number of hydrogen-bond donors (Lipinski definition) is 15. The van der Waals surface area contributed by atoms with Gasteiger partial charge in [0.15, 0.2) is 42.7 Å². The molecular formula is C27H49N7O17. The fourth-order valence-electron chi connectivity index (χ4n) is 6.57. The maximum absolute atomic E-state index is 12.3. The SMILES string of the molecule is CN[C@@H]1[C@H](O[C@H]2[C@H](O[C@H]3[C@H](O)[C@@H](O)[C@H](N=C(N)N)[C@@H](O)[C@@H]3N=C(N)N)O[C@@H](C)[C@]2(O)C=O)O[C@@H](CO)[C@H](O[C@H]2O[C@H](CO)[C@@H](O)[C@H](O)[C@@H]2O)[C@H]1O. The number of ether oxygens (including phenoxy) is 6. The molecule has 0 aromatic carbocycles. The lowest BCUT2D eigenvalue weighted by Gasteiger charge is -2.48. The van der Waals surface area contributed by atoms with E-state index in [2.05, 4.69) is 15.3 Å². The van der Waals surface area contributed by atoms with Crippen LogP contribution in [0.5, 0.6) is 0 Å². The number of aliphatic imine (C=N–C) groups is 2. The van der Waals surface area contributed by atoms with Gasteiger partial charge in [-0.1, -0.05) is 0 Å². The maximum atomic E-state index is 12.3. The van der Waals surface area contributed by atoms with Gasteiger partial charge in [-0.15, -0.1) is 0 Å². The number of nitrogens with zero attached hydrogens (tertiary/aromatic N) is 2. The molecule has 0 unspecified atom stereocenters. The Labute approximate surface area is 290 Å². The van der Waals surface area contributed by atoms with Crippen molar-refractivity contribution in [1.82, 2.24) is 5.32 Å². The molecule has 0 aromatic heterocycles. The van der Waals surface area contributed by atoms with E-state index < -0.39 is 147 Å². The minimum atomic E-state index is -2.50. The number of likely N-dealkylation sites (N-methyl/N-ethyl adjacent to an activating group) is 1. The predicted octanol–water partition coefficient (Wildman–Crippen LogP) is -10.3. The lowest BCUT2D eigenvalue weighted by atomic mass is 9.81. The van der Waals surface area contributed by atoms with E-state index in [9.17, 15) is 55.9 Å². The van der Waals surface area contributed by atoms with Gasteiger partial charge in [-0.2, -0.15) is 0 Å². The van der Waals surface area contributed by atoms with Gasteiger partial charge in [0.25, 0.3) is 0 Å². The number of nitrogens with one attached hydrogen (secondary N) is 1. The lowest BCUT2D eigenvalue weighted by molar-refractivity contribution is -0.357. The summed E-state index contributed by atoms with van der Waals surface area (Å²) < 4.78 is 34.6. The summed E-state index contributed by atoms with van der Waals surface area (Å²) in [5.74, 6) is -1.11.